The number of alkyl halides is 3. The van der Waals surface area contributed by atoms with E-state index in [1.165, 1.54) is 71.1 Å². The van der Waals surface area contributed by atoms with Crippen molar-refractivity contribution < 1.29 is 43.5 Å². The van der Waals surface area contributed by atoms with E-state index >= 15 is 0 Å². The number of carbonyl (C=O) groups is 8. The van der Waals surface area contributed by atoms with Gasteiger partial charge >= 0.3 is 12.0 Å². The van der Waals surface area contributed by atoms with Crippen LogP contribution in [0, 0.1) is 16.7 Å². The van der Waals surface area contributed by atoms with Crippen LogP contribution in [0.5, 0.6) is 0 Å². The Labute approximate surface area is 642 Å². The number of carboxylic acids is 1. The Morgan fingerprint density at radius 2 is 1.52 bits per heavy atom. The Hall–Kier alpha value is -8.09. The van der Waals surface area contributed by atoms with Gasteiger partial charge in [-0.3, -0.25) is 38.7 Å². The minimum Gasteiger partial charge on any atom is -0.480 e. The van der Waals surface area contributed by atoms with E-state index in [0.29, 0.717) is 62.4 Å². The van der Waals surface area contributed by atoms with Gasteiger partial charge in [-0.15, -0.1) is 39.7 Å². The summed E-state index contributed by atoms with van der Waals surface area (Å²) in [5.74, 6) is 0.960. The Morgan fingerprint density at radius 1 is 0.849 bits per heavy atom. The lowest BCUT2D eigenvalue weighted by atomic mass is 9.87. The van der Waals surface area contributed by atoms with Crippen molar-refractivity contribution in [2.75, 3.05) is 122 Å². The van der Waals surface area contributed by atoms with Gasteiger partial charge < -0.3 is 72.9 Å². The Morgan fingerprint density at radius 3 is 2.09 bits per heavy atom. The predicted molar refractivity (Wildman–Crippen MR) is 424 cm³/mol. The molecule has 6 aliphatic rings. The van der Waals surface area contributed by atoms with Crippen molar-refractivity contribution in [3.05, 3.63) is 111 Å². The van der Waals surface area contributed by atoms with Crippen LogP contribution in [0.2, 0.25) is 0 Å². The van der Waals surface area contributed by atoms with Gasteiger partial charge in [0.2, 0.25) is 24.2 Å². The summed E-state index contributed by atoms with van der Waals surface area (Å²) in [4.78, 5) is 135. The molecule has 12 N–H and O–H groups in total. The third-order valence-electron chi connectivity index (χ3n) is 18.2. The van der Waals surface area contributed by atoms with E-state index in [4.69, 9.17) is 51.3 Å². The van der Waals surface area contributed by atoms with E-state index < -0.39 is 29.5 Å². The molecular formula is C74H110Cl3N17O11S. The zero-order valence-corrected chi connectivity index (χ0v) is 65.1. The van der Waals surface area contributed by atoms with Crippen molar-refractivity contribution in [1.82, 2.24) is 46.0 Å². The number of thioether (sulfide) groups is 1. The lowest BCUT2D eigenvalue weighted by Gasteiger charge is -2.34. The van der Waals surface area contributed by atoms with Crippen molar-refractivity contribution in [2.24, 2.45) is 27.8 Å². The minimum absolute atomic E-state index is 0.00672. The number of nitrogen functional groups attached to an aromatic ring is 1. The molecule has 5 heterocycles. The van der Waals surface area contributed by atoms with E-state index in [9.17, 15) is 53.2 Å². The number of aromatic nitrogens is 2. The fourth-order valence-electron chi connectivity index (χ4n) is 12.8. The number of Topliss-reactive ketones (excluding diaryl/α,β-unsaturated/α-hetero) is 2. The highest BCUT2D eigenvalue weighted by molar-refractivity contribution is 8.14. The predicted octanol–water partition coefficient (Wildman–Crippen LogP) is 9.16. The molecule has 4 fully saturated rings. The molecule has 0 radical (unpaired) electrons. The van der Waals surface area contributed by atoms with Crippen molar-refractivity contribution in [1.29, 1.82) is 0 Å². The number of halogens is 3. The molecule has 32 heteroatoms. The standard InChI is InChI=1S/C21H25N7O6.C13H20Cl2N2.C13H20N2O3.C11H12N2S.C10H19N3O2.C6H14ClN/c1-11(30)2-7-15(20(33)34)25-18(31)12-3-5-13(6-4-12)23-8-14-9-24-17-16(28(14)10-29)19(32)27-21(22)26-17;1-11(16)10-12-2-4-13(5-3-12)17(8-6-14)9-7-15;1-2-14-13(18)9-5-3-4-8(9)12(17)10-6-7-11(16)15-10;1-2-4-9(5-3-1)10-8-13-6-7-14-11(13)12-10;1-2-8-13(12-15)10(14)11-9-6-4-3-5-7-9;1-3-5-8(2)6-4-7/h3-6,10,14-15,23H,2,7-9H2,1H3,(H,25,31)(H,33,34)(H4,22,24,26,27,32);2-5,11H,6-10,16H2,1H3;8-10H,2-7H2,1H3,(H,14,18)(H,15,16);1-5,10H,6-8H2;9H,2-8H2,1H3,(H,11,14);3-6H2,1-2H3/t14?,15-;11-;;10-;;/m01.1../s1. The smallest absolute Gasteiger partial charge is 0.340 e. The van der Waals surface area contributed by atoms with E-state index in [2.05, 4.69) is 130 Å². The number of nitrogens with one attached hydrogen (secondary N) is 7. The average Bonchev–Trinajstić information content (AvgIpc) is 1.16. The number of hydrogen-bond donors (Lipinski definition) is 10. The molecule has 2 aliphatic carbocycles. The molecule has 10 rings (SSSR count). The molecule has 2 saturated carbocycles. The summed E-state index contributed by atoms with van der Waals surface area (Å²) in [6, 6.07) is 23.8. The SMILES string of the molecule is CC(=O)CC[C@H](NC(=O)c1ccc(NCC2CNc3nc(N)[nH]c(=O)c3N2C=O)cc1)C(=O)O.CCCN(C)CCCl.CCCN(N=O)C(=O)NC1CCCCC1.CCNC(=O)C1CCCC1C(=O)C1CCC(=O)N1.C[C@@H](N)Cc1ccc(N(CCCl)CCCl)cc1.c1ccc([C@H]2CN3CCSC3=N2)cc1. The van der Waals surface area contributed by atoms with Crippen molar-refractivity contribution in [2.45, 2.75) is 167 Å². The lowest BCUT2D eigenvalue weighted by Crippen LogP contribution is -2.50. The summed E-state index contributed by atoms with van der Waals surface area (Å²) in [6.45, 7) is 17.0. The molecule has 0 bridgehead atoms. The number of nitrogens with two attached hydrogens (primary N) is 2. The fourth-order valence-corrected chi connectivity index (χ4v) is 14.5. The molecule has 6 amide bonds. The highest BCUT2D eigenvalue weighted by Crippen LogP contribution is 2.35. The second-order valence-electron chi connectivity index (χ2n) is 26.7. The van der Waals surface area contributed by atoms with E-state index in [-0.39, 0.29) is 102 Å². The molecule has 4 unspecified atom stereocenters. The number of hydrogen-bond acceptors (Lipinski definition) is 21. The second kappa shape index (κ2) is 48.3. The highest BCUT2D eigenvalue weighted by atomic mass is 35.5. The summed E-state index contributed by atoms with van der Waals surface area (Å²) < 4.78 is 0. The van der Waals surface area contributed by atoms with E-state index in [0.717, 1.165) is 101 Å². The number of carboxylic acid groups (broad SMARTS) is 1. The zero-order valence-electron chi connectivity index (χ0n) is 62.0. The van der Waals surface area contributed by atoms with Crippen LogP contribution in [0.25, 0.3) is 0 Å². The Balaban J connectivity index is 0.000000241. The number of fused-ring (bicyclic) bond motifs is 2. The van der Waals surface area contributed by atoms with Gasteiger partial charge in [0.05, 0.1) is 23.4 Å². The summed E-state index contributed by atoms with van der Waals surface area (Å²) in [7, 11) is 2.09. The highest BCUT2D eigenvalue weighted by Gasteiger charge is 2.42. The van der Waals surface area contributed by atoms with Gasteiger partial charge in [0, 0.05) is 136 Å². The molecule has 4 aromatic rings. The van der Waals surface area contributed by atoms with Crippen molar-refractivity contribution >= 4 is 128 Å². The molecule has 4 aliphatic heterocycles. The van der Waals surface area contributed by atoms with Gasteiger partial charge in [0.25, 0.3) is 11.5 Å². The molecule has 2 saturated heterocycles. The number of ketones is 2. The number of urea groups is 1. The first-order valence-corrected chi connectivity index (χ1v) is 39.3. The molecule has 1 aromatic heterocycles. The largest absolute Gasteiger partial charge is 0.480 e. The van der Waals surface area contributed by atoms with Gasteiger partial charge in [0.1, 0.15) is 11.8 Å². The monoisotopic (exact) mass is 1550 g/mol. The topological polar surface area (TPSA) is 385 Å². The van der Waals surface area contributed by atoms with Crippen molar-refractivity contribution in [3.63, 3.8) is 0 Å². The van der Waals surface area contributed by atoms with Gasteiger partial charge in [-0.2, -0.15) is 9.99 Å². The maximum atomic E-state index is 12.4. The fraction of sp³-hybridized carbons (Fsp3) is 0.581. The van der Waals surface area contributed by atoms with Crippen LogP contribution >= 0.6 is 46.6 Å². The van der Waals surface area contributed by atoms with Crippen LogP contribution in [0.15, 0.2) is 93.9 Å². The molecule has 3 aromatic carbocycles. The number of nitroso groups, excluding NO2 is 1. The van der Waals surface area contributed by atoms with Crippen molar-refractivity contribution in [3.8, 4) is 0 Å². The number of carbonyl (C=O) groups excluding carboxylic acids is 7. The first-order chi connectivity index (χ1) is 51.0. The normalized spacial score (nSPS) is 18.8. The summed E-state index contributed by atoms with van der Waals surface area (Å²) in [6.07, 6.45) is 12.5. The van der Waals surface area contributed by atoms with Gasteiger partial charge in [-0.05, 0) is 140 Å². The lowest BCUT2D eigenvalue weighted by molar-refractivity contribution is -0.139. The van der Waals surface area contributed by atoms with Crippen LogP contribution in [-0.2, 0) is 35.2 Å². The zero-order chi connectivity index (χ0) is 77.5. The third kappa shape index (κ3) is 29.9. The number of rotatable bonds is 30. The van der Waals surface area contributed by atoms with Crippen LogP contribution in [0.1, 0.15) is 152 Å². The maximum Gasteiger partial charge on any atom is 0.340 e. The molecule has 0 spiro atoms. The Kier molecular flexibility index (Phi) is 40.3. The number of anilines is 5. The molecular weight excluding hydrogens is 1440 g/mol. The molecule has 584 valence electrons. The molecule has 106 heavy (non-hydrogen) atoms. The van der Waals surface area contributed by atoms with Crippen LogP contribution in [0.3, 0.4) is 0 Å². The summed E-state index contributed by atoms with van der Waals surface area (Å²) in [5, 5.41) is 31.1. The number of nitrogens with zero attached hydrogens (tertiary/aromatic N) is 8. The van der Waals surface area contributed by atoms with Gasteiger partial charge in [-0.25, -0.2) is 9.59 Å². The van der Waals surface area contributed by atoms with Crippen LogP contribution in [-0.4, -0.2) is 209 Å². The van der Waals surface area contributed by atoms with Gasteiger partial charge in [-0.1, -0.05) is 93.8 Å². The molecule has 28 nitrogen and oxygen atoms in total. The van der Waals surface area contributed by atoms with E-state index in [1.807, 2.05) is 32.5 Å². The third-order valence-corrected chi connectivity index (χ3v) is 19.7. The van der Waals surface area contributed by atoms with Crippen LogP contribution in [0.4, 0.5) is 33.6 Å². The van der Waals surface area contributed by atoms with Gasteiger partial charge in [0.15, 0.2) is 22.5 Å². The minimum atomic E-state index is -1.22. The van der Waals surface area contributed by atoms with Crippen LogP contribution < -0.4 is 58.7 Å². The van der Waals surface area contributed by atoms with E-state index in [1.54, 1.807) is 12.1 Å². The summed E-state index contributed by atoms with van der Waals surface area (Å²) in [5.41, 5.74) is 15.5. The number of aromatic amines is 1. The molecule has 7 atom stereocenters. The first-order valence-electron chi connectivity index (χ1n) is 36.7. The number of aliphatic carboxylic acids is 1. The average molecular weight is 1550 g/mol. The summed E-state index contributed by atoms with van der Waals surface area (Å²) >= 11 is 18.9. The first kappa shape index (κ1) is 88.5. The quantitative estimate of drug-likeness (QED) is 0.0101. The Bertz CT molecular complexity index is 3480. The number of aliphatic imine (C=N–C) groups is 1. The number of benzene rings is 3. The second-order valence-corrected chi connectivity index (χ2v) is 28.9. The number of H-pyrrole nitrogens is 1. The maximum absolute atomic E-state index is 12.4. The number of amidine groups is 1. The number of amides is 6.